The topological polar surface area (TPSA) is 113 Å². The number of non-ortho nitro benzene ring substituents is 1. The van der Waals surface area contributed by atoms with Gasteiger partial charge >= 0.3 is 12.0 Å². The summed E-state index contributed by atoms with van der Waals surface area (Å²) in [5, 5.41) is 22.0. The minimum Gasteiger partial charge on any atom is -0.480 e. The second-order valence-corrected chi connectivity index (χ2v) is 4.11. The van der Waals surface area contributed by atoms with Crippen LogP contribution in [0, 0.1) is 10.1 Å². The Kier molecular flexibility index (Phi) is 5.01. The zero-order valence-corrected chi connectivity index (χ0v) is 11.1. The first-order valence-corrected chi connectivity index (χ1v) is 5.88. The first kappa shape index (κ1) is 15.4. The second-order valence-electron chi connectivity index (χ2n) is 4.11. The molecule has 108 valence electrons. The SMILES string of the molecule is CCC(C(=O)O)N(C)C(=O)Nc1cccc([N+](=O)[O-])c1. The molecule has 20 heavy (non-hydrogen) atoms. The van der Waals surface area contributed by atoms with Gasteiger partial charge in [0, 0.05) is 24.9 Å². The molecular formula is C12H15N3O5. The second kappa shape index (κ2) is 6.50. The number of aliphatic carboxylic acids is 1. The summed E-state index contributed by atoms with van der Waals surface area (Å²) in [5.41, 5.74) is 0.0759. The molecule has 2 amide bonds. The van der Waals surface area contributed by atoms with Crippen LogP contribution in [0.5, 0.6) is 0 Å². The molecule has 0 bridgehead atoms. The lowest BCUT2D eigenvalue weighted by Crippen LogP contribution is -2.44. The number of anilines is 1. The summed E-state index contributed by atoms with van der Waals surface area (Å²) >= 11 is 0. The molecule has 8 nitrogen and oxygen atoms in total. The zero-order valence-electron chi connectivity index (χ0n) is 11.1. The van der Waals surface area contributed by atoms with E-state index in [-0.39, 0.29) is 17.8 Å². The first-order valence-electron chi connectivity index (χ1n) is 5.88. The van der Waals surface area contributed by atoms with Crippen LogP contribution in [0.25, 0.3) is 0 Å². The summed E-state index contributed by atoms with van der Waals surface area (Å²) in [6.45, 7) is 1.65. The van der Waals surface area contributed by atoms with Gasteiger partial charge in [-0.25, -0.2) is 9.59 Å². The van der Waals surface area contributed by atoms with Crippen molar-refractivity contribution in [2.24, 2.45) is 0 Å². The Morgan fingerprint density at radius 2 is 2.15 bits per heavy atom. The van der Waals surface area contributed by atoms with Gasteiger partial charge < -0.3 is 15.3 Å². The van der Waals surface area contributed by atoms with Crippen LogP contribution in [-0.2, 0) is 4.79 Å². The van der Waals surface area contributed by atoms with E-state index in [0.29, 0.717) is 0 Å². The highest BCUT2D eigenvalue weighted by atomic mass is 16.6. The van der Waals surface area contributed by atoms with Gasteiger partial charge in [0.15, 0.2) is 0 Å². The van der Waals surface area contributed by atoms with E-state index in [9.17, 15) is 19.7 Å². The van der Waals surface area contributed by atoms with E-state index >= 15 is 0 Å². The molecule has 1 aromatic rings. The number of nitrogens with one attached hydrogen (secondary N) is 1. The van der Waals surface area contributed by atoms with Crippen molar-refractivity contribution in [1.82, 2.24) is 4.90 Å². The van der Waals surface area contributed by atoms with Crippen molar-refractivity contribution < 1.29 is 19.6 Å². The monoisotopic (exact) mass is 281 g/mol. The lowest BCUT2D eigenvalue weighted by molar-refractivity contribution is -0.384. The molecule has 0 heterocycles. The van der Waals surface area contributed by atoms with E-state index in [2.05, 4.69) is 5.32 Å². The number of likely N-dealkylation sites (N-methyl/N-ethyl adjacent to an activating group) is 1. The van der Waals surface area contributed by atoms with Crippen LogP contribution in [0.2, 0.25) is 0 Å². The maximum Gasteiger partial charge on any atom is 0.326 e. The number of nitrogens with zero attached hydrogens (tertiary/aromatic N) is 2. The number of carboxylic acids is 1. The van der Waals surface area contributed by atoms with Crippen molar-refractivity contribution in [3.05, 3.63) is 34.4 Å². The molecule has 1 atom stereocenters. The van der Waals surface area contributed by atoms with Crippen molar-refractivity contribution in [2.75, 3.05) is 12.4 Å². The van der Waals surface area contributed by atoms with Crippen LogP contribution >= 0.6 is 0 Å². The van der Waals surface area contributed by atoms with Crippen molar-refractivity contribution in [3.8, 4) is 0 Å². The molecule has 0 aliphatic heterocycles. The maximum absolute atomic E-state index is 11.9. The van der Waals surface area contributed by atoms with Gasteiger partial charge in [-0.3, -0.25) is 10.1 Å². The molecular weight excluding hydrogens is 266 g/mol. The Labute approximate surface area is 115 Å². The van der Waals surface area contributed by atoms with Crippen LogP contribution in [-0.4, -0.2) is 40.0 Å². The van der Waals surface area contributed by atoms with Crippen molar-refractivity contribution in [2.45, 2.75) is 19.4 Å². The summed E-state index contributed by atoms with van der Waals surface area (Å²) in [4.78, 5) is 33.9. The number of hydrogen-bond acceptors (Lipinski definition) is 4. The maximum atomic E-state index is 11.9. The van der Waals surface area contributed by atoms with Crippen molar-refractivity contribution in [3.63, 3.8) is 0 Å². The predicted molar refractivity (Wildman–Crippen MR) is 71.6 cm³/mol. The van der Waals surface area contributed by atoms with Gasteiger partial charge in [0.05, 0.1) is 4.92 Å². The predicted octanol–water partition coefficient (Wildman–Crippen LogP) is 1.92. The highest BCUT2D eigenvalue weighted by Crippen LogP contribution is 2.17. The first-order chi connectivity index (χ1) is 9.36. The van der Waals surface area contributed by atoms with Gasteiger partial charge in [-0.05, 0) is 12.5 Å². The highest BCUT2D eigenvalue weighted by Gasteiger charge is 2.24. The van der Waals surface area contributed by atoms with Gasteiger partial charge in [0.1, 0.15) is 6.04 Å². The van der Waals surface area contributed by atoms with E-state index < -0.39 is 23.0 Å². The molecule has 1 rings (SSSR count). The number of benzene rings is 1. The van der Waals surface area contributed by atoms with Gasteiger partial charge in [0.25, 0.3) is 5.69 Å². The molecule has 0 saturated carbocycles. The van der Waals surface area contributed by atoms with Gasteiger partial charge in [-0.15, -0.1) is 0 Å². The van der Waals surface area contributed by atoms with Crippen LogP contribution in [0.1, 0.15) is 13.3 Å². The summed E-state index contributed by atoms with van der Waals surface area (Å²) in [5.74, 6) is -1.11. The fourth-order valence-electron chi connectivity index (χ4n) is 1.66. The lowest BCUT2D eigenvalue weighted by atomic mass is 10.2. The molecule has 0 fully saturated rings. The number of rotatable bonds is 5. The Balaban J connectivity index is 2.82. The molecule has 1 aromatic carbocycles. The number of urea groups is 1. The van der Waals surface area contributed by atoms with Crippen LogP contribution < -0.4 is 5.32 Å². The van der Waals surface area contributed by atoms with E-state index in [1.807, 2.05) is 0 Å². The summed E-state index contributed by atoms with van der Waals surface area (Å²) in [6, 6.07) is 3.83. The Morgan fingerprint density at radius 3 is 2.65 bits per heavy atom. The zero-order chi connectivity index (χ0) is 15.3. The van der Waals surface area contributed by atoms with Gasteiger partial charge in [0.2, 0.25) is 0 Å². The molecule has 8 heteroatoms. The molecule has 1 unspecified atom stereocenters. The van der Waals surface area contributed by atoms with Gasteiger partial charge in [-0.2, -0.15) is 0 Å². The Bertz CT molecular complexity index is 532. The number of nitro benzene ring substituents is 1. The molecule has 0 saturated heterocycles. The van der Waals surface area contributed by atoms with E-state index in [1.54, 1.807) is 6.92 Å². The highest BCUT2D eigenvalue weighted by molar-refractivity contribution is 5.92. The largest absolute Gasteiger partial charge is 0.480 e. The third-order valence-electron chi connectivity index (χ3n) is 2.77. The minimum absolute atomic E-state index is 0.157. The fourth-order valence-corrected chi connectivity index (χ4v) is 1.66. The molecule has 0 spiro atoms. The summed E-state index contributed by atoms with van der Waals surface area (Å²) in [7, 11) is 1.36. The molecule has 0 aromatic heterocycles. The van der Waals surface area contributed by atoms with E-state index in [4.69, 9.17) is 5.11 Å². The molecule has 0 aliphatic carbocycles. The summed E-state index contributed by atoms with van der Waals surface area (Å²) in [6.07, 6.45) is 0.258. The van der Waals surface area contributed by atoms with Crippen LogP contribution in [0.3, 0.4) is 0 Å². The molecule has 0 aliphatic rings. The standard InChI is InChI=1S/C12H15N3O5/c1-3-10(11(16)17)14(2)12(18)13-8-5-4-6-9(7-8)15(19)20/h4-7,10H,3H2,1-2H3,(H,13,18)(H,16,17). The van der Waals surface area contributed by atoms with E-state index in [0.717, 1.165) is 4.90 Å². The van der Waals surface area contributed by atoms with Crippen LogP contribution in [0.4, 0.5) is 16.2 Å². The van der Waals surface area contributed by atoms with Crippen molar-refractivity contribution >= 4 is 23.4 Å². The van der Waals surface area contributed by atoms with Crippen molar-refractivity contribution in [1.29, 1.82) is 0 Å². The third-order valence-corrected chi connectivity index (χ3v) is 2.77. The average Bonchev–Trinajstić information content (AvgIpc) is 2.39. The molecule has 0 radical (unpaired) electrons. The number of carboxylic acid groups (broad SMARTS) is 1. The number of carbonyl (C=O) groups is 2. The summed E-state index contributed by atoms with van der Waals surface area (Å²) < 4.78 is 0. The smallest absolute Gasteiger partial charge is 0.326 e. The average molecular weight is 281 g/mol. The molecule has 2 N–H and O–H groups in total. The number of nitro groups is 1. The third kappa shape index (κ3) is 3.67. The number of carbonyl (C=O) groups excluding carboxylic acids is 1. The van der Waals surface area contributed by atoms with Crippen LogP contribution in [0.15, 0.2) is 24.3 Å². The quantitative estimate of drug-likeness (QED) is 0.632. The Hall–Kier alpha value is -2.64. The normalized spacial score (nSPS) is 11.5. The Morgan fingerprint density at radius 1 is 1.50 bits per heavy atom. The number of hydrogen-bond donors (Lipinski definition) is 2. The lowest BCUT2D eigenvalue weighted by Gasteiger charge is -2.23. The fraction of sp³-hybridized carbons (Fsp3) is 0.333. The number of amides is 2. The van der Waals surface area contributed by atoms with Gasteiger partial charge in [-0.1, -0.05) is 13.0 Å². The van der Waals surface area contributed by atoms with E-state index in [1.165, 1.54) is 31.3 Å². The minimum atomic E-state index is -1.11.